The molecule has 2 N–H and O–H groups in total. The molecular weight excluding hydrogens is 371 g/mol. The summed E-state index contributed by atoms with van der Waals surface area (Å²) in [5.41, 5.74) is 2.64. The lowest BCUT2D eigenvalue weighted by Gasteiger charge is -2.11. The molecule has 0 bridgehead atoms. The summed E-state index contributed by atoms with van der Waals surface area (Å²) >= 11 is 0. The van der Waals surface area contributed by atoms with Crippen LogP contribution >= 0.6 is 0 Å². The van der Waals surface area contributed by atoms with Gasteiger partial charge in [0, 0.05) is 24.3 Å². The second-order valence-electron chi connectivity index (χ2n) is 7.01. The number of aromatic nitrogens is 5. The Balaban J connectivity index is 1.70. The van der Waals surface area contributed by atoms with Crippen molar-refractivity contribution in [1.82, 2.24) is 24.5 Å². The van der Waals surface area contributed by atoms with E-state index in [1.807, 2.05) is 30.5 Å². The van der Waals surface area contributed by atoms with Gasteiger partial charge < -0.3 is 15.0 Å². The number of imidazole rings is 1. The number of fused-ring (bicyclic) bond motifs is 1. The normalized spacial score (nSPS) is 11.3. The van der Waals surface area contributed by atoms with E-state index < -0.39 is 5.82 Å². The molecule has 0 atom stereocenters. The molecule has 1 aromatic carbocycles. The summed E-state index contributed by atoms with van der Waals surface area (Å²) in [4.78, 5) is 17.6. The molecule has 0 saturated carbocycles. The highest BCUT2D eigenvalue weighted by Gasteiger charge is 2.16. The van der Waals surface area contributed by atoms with Gasteiger partial charge in [0.15, 0.2) is 17.3 Å². The zero-order valence-corrected chi connectivity index (χ0v) is 16.2. The predicted octanol–water partition coefficient (Wildman–Crippen LogP) is 3.97. The number of hydrogen-bond acceptors (Lipinski definition) is 6. The maximum absolute atomic E-state index is 13.7. The highest BCUT2D eigenvalue weighted by molar-refractivity contribution is 5.85. The van der Waals surface area contributed by atoms with Gasteiger partial charge in [0.2, 0.25) is 0 Å². The van der Waals surface area contributed by atoms with Gasteiger partial charge in [-0.25, -0.2) is 19.3 Å². The minimum absolute atomic E-state index is 0.155. The molecule has 0 spiro atoms. The summed E-state index contributed by atoms with van der Waals surface area (Å²) in [6.07, 6.45) is 5.02. The molecule has 0 amide bonds. The van der Waals surface area contributed by atoms with Crippen molar-refractivity contribution >= 4 is 17.0 Å². The fourth-order valence-electron chi connectivity index (χ4n) is 3.12. The van der Waals surface area contributed by atoms with Crippen molar-refractivity contribution in [2.24, 2.45) is 0 Å². The van der Waals surface area contributed by atoms with E-state index in [9.17, 15) is 9.50 Å². The van der Waals surface area contributed by atoms with Gasteiger partial charge in [0.25, 0.3) is 0 Å². The fraction of sp³-hybridized carbons (Fsp3) is 0.238. The quantitative estimate of drug-likeness (QED) is 0.516. The lowest BCUT2D eigenvalue weighted by molar-refractivity contribution is 0.468. The first-order chi connectivity index (χ1) is 14.0. The lowest BCUT2D eigenvalue weighted by Crippen LogP contribution is -2.09. The molecule has 29 heavy (non-hydrogen) atoms. The number of rotatable bonds is 6. The molecule has 0 saturated heterocycles. The lowest BCUT2D eigenvalue weighted by atomic mass is 10.1. The molecule has 0 unspecified atom stereocenters. The number of pyridine rings is 1. The first kappa shape index (κ1) is 18.8. The minimum atomic E-state index is -0.447. The Bertz CT molecular complexity index is 1160. The van der Waals surface area contributed by atoms with Gasteiger partial charge in [-0.05, 0) is 38.0 Å². The number of phenolic OH excluding ortho intramolecular Hbond substituents is 1. The predicted molar refractivity (Wildman–Crippen MR) is 109 cm³/mol. The Morgan fingerprint density at radius 3 is 2.76 bits per heavy atom. The van der Waals surface area contributed by atoms with Gasteiger partial charge in [0.1, 0.15) is 17.1 Å². The van der Waals surface area contributed by atoms with Crippen molar-refractivity contribution in [3.63, 3.8) is 0 Å². The second-order valence-corrected chi connectivity index (χ2v) is 7.01. The number of anilines is 1. The van der Waals surface area contributed by atoms with E-state index >= 15 is 0 Å². The highest BCUT2D eigenvalue weighted by Crippen LogP contribution is 2.26. The van der Waals surface area contributed by atoms with Crippen LogP contribution in [0.15, 0.2) is 49.1 Å². The highest BCUT2D eigenvalue weighted by atomic mass is 19.1. The zero-order chi connectivity index (χ0) is 20.4. The third-order valence-corrected chi connectivity index (χ3v) is 4.62. The smallest absolute Gasteiger partial charge is 0.166 e. The molecule has 148 valence electrons. The van der Waals surface area contributed by atoms with Crippen LogP contribution in [0.4, 0.5) is 10.2 Å². The standard InChI is InChI=1S/C21H21FN6O/c1-13(2)28-12-25-18-20(24-8-7-14-5-3-4-6-17(14)29)26-19(27-21(18)28)15-9-16(22)11-23-10-15/h3-6,9-13,29H,7-8H2,1-2H3,(H,24,26,27). The van der Waals surface area contributed by atoms with Crippen LogP contribution in [0.2, 0.25) is 0 Å². The Morgan fingerprint density at radius 2 is 2.00 bits per heavy atom. The van der Waals surface area contributed by atoms with Crippen molar-refractivity contribution < 1.29 is 9.50 Å². The summed E-state index contributed by atoms with van der Waals surface area (Å²) in [6, 6.07) is 8.73. The Hall–Kier alpha value is -3.55. The average molecular weight is 392 g/mol. The molecule has 0 radical (unpaired) electrons. The summed E-state index contributed by atoms with van der Waals surface area (Å²) in [5.74, 6) is 0.747. The van der Waals surface area contributed by atoms with Gasteiger partial charge in [0.05, 0.1) is 12.5 Å². The first-order valence-electron chi connectivity index (χ1n) is 9.39. The summed E-state index contributed by atoms with van der Waals surface area (Å²) in [5, 5.41) is 13.2. The first-order valence-corrected chi connectivity index (χ1v) is 9.39. The molecule has 3 aromatic heterocycles. The number of benzene rings is 1. The van der Waals surface area contributed by atoms with E-state index in [1.165, 1.54) is 12.3 Å². The monoisotopic (exact) mass is 392 g/mol. The molecular formula is C21H21FN6O. The largest absolute Gasteiger partial charge is 0.508 e. The number of hydrogen-bond donors (Lipinski definition) is 2. The molecule has 0 fully saturated rings. The Labute approximate surface area is 167 Å². The Morgan fingerprint density at radius 1 is 1.17 bits per heavy atom. The van der Waals surface area contributed by atoms with Gasteiger partial charge >= 0.3 is 0 Å². The van der Waals surface area contributed by atoms with E-state index in [0.717, 1.165) is 11.8 Å². The second kappa shape index (κ2) is 7.83. The van der Waals surface area contributed by atoms with Crippen LogP contribution in [0, 0.1) is 5.82 Å². The maximum atomic E-state index is 13.7. The van der Waals surface area contributed by atoms with Gasteiger partial charge in [-0.15, -0.1) is 0 Å². The van der Waals surface area contributed by atoms with Crippen molar-refractivity contribution in [2.45, 2.75) is 26.3 Å². The summed E-state index contributed by atoms with van der Waals surface area (Å²) in [7, 11) is 0. The molecule has 0 aliphatic rings. The topological polar surface area (TPSA) is 88.8 Å². The van der Waals surface area contributed by atoms with Crippen LogP contribution in [0.3, 0.4) is 0 Å². The third-order valence-electron chi connectivity index (χ3n) is 4.62. The molecule has 7 nitrogen and oxygen atoms in total. The van der Waals surface area contributed by atoms with Gasteiger partial charge in [-0.2, -0.15) is 0 Å². The van der Waals surface area contributed by atoms with E-state index in [4.69, 9.17) is 0 Å². The van der Waals surface area contributed by atoms with E-state index in [2.05, 4.69) is 25.3 Å². The Kier molecular flexibility index (Phi) is 5.07. The minimum Gasteiger partial charge on any atom is -0.508 e. The zero-order valence-electron chi connectivity index (χ0n) is 16.2. The van der Waals surface area contributed by atoms with Crippen LogP contribution in [-0.2, 0) is 6.42 Å². The van der Waals surface area contributed by atoms with Crippen LogP contribution in [0.1, 0.15) is 25.5 Å². The summed E-state index contributed by atoms with van der Waals surface area (Å²) in [6.45, 7) is 4.62. The number of aromatic hydroxyl groups is 1. The van der Waals surface area contributed by atoms with Gasteiger partial charge in [-0.1, -0.05) is 18.2 Å². The number of para-hydroxylation sites is 1. The van der Waals surface area contributed by atoms with Gasteiger partial charge in [-0.3, -0.25) is 4.98 Å². The van der Waals surface area contributed by atoms with Crippen molar-refractivity contribution in [2.75, 3.05) is 11.9 Å². The number of nitrogens with zero attached hydrogens (tertiary/aromatic N) is 5. The molecule has 4 aromatic rings. The molecule has 3 heterocycles. The van der Waals surface area contributed by atoms with Crippen LogP contribution in [0.25, 0.3) is 22.6 Å². The molecule has 8 heteroatoms. The number of halogens is 1. The molecule has 0 aliphatic heterocycles. The van der Waals surface area contributed by atoms with Crippen molar-refractivity contribution in [3.05, 3.63) is 60.4 Å². The van der Waals surface area contributed by atoms with E-state index in [0.29, 0.717) is 41.3 Å². The summed E-state index contributed by atoms with van der Waals surface area (Å²) < 4.78 is 15.6. The van der Waals surface area contributed by atoms with Crippen molar-refractivity contribution in [1.29, 1.82) is 0 Å². The number of phenols is 1. The third kappa shape index (κ3) is 3.87. The number of nitrogens with one attached hydrogen (secondary N) is 1. The fourth-order valence-corrected chi connectivity index (χ4v) is 3.12. The van der Waals surface area contributed by atoms with Crippen molar-refractivity contribution in [3.8, 4) is 17.1 Å². The van der Waals surface area contributed by atoms with Crippen LogP contribution in [-0.4, -0.2) is 36.2 Å². The molecule has 0 aliphatic carbocycles. The van der Waals surface area contributed by atoms with Crippen LogP contribution < -0.4 is 5.32 Å². The maximum Gasteiger partial charge on any atom is 0.166 e. The van der Waals surface area contributed by atoms with E-state index in [1.54, 1.807) is 18.5 Å². The average Bonchev–Trinajstić information content (AvgIpc) is 3.14. The van der Waals surface area contributed by atoms with E-state index in [-0.39, 0.29) is 11.8 Å². The SMILES string of the molecule is CC(C)n1cnc2c(NCCc3ccccc3O)nc(-c3cncc(F)c3)nc21. The van der Waals surface area contributed by atoms with Crippen LogP contribution in [0.5, 0.6) is 5.75 Å². The molecule has 4 rings (SSSR count).